The summed E-state index contributed by atoms with van der Waals surface area (Å²) in [5, 5.41) is 15.9. The maximum Gasteiger partial charge on any atom is 0.407 e. The lowest BCUT2D eigenvalue weighted by Gasteiger charge is -2.33. The normalized spacial score (nSPS) is 18.3. The molecule has 2 amide bonds. The van der Waals surface area contributed by atoms with Crippen LogP contribution >= 0.6 is 0 Å². The Kier molecular flexibility index (Phi) is 7.08. The first-order valence-corrected chi connectivity index (χ1v) is 12.9. The highest BCUT2D eigenvalue weighted by Crippen LogP contribution is 2.44. The predicted octanol–water partition coefficient (Wildman–Crippen LogP) is 1.65. The third kappa shape index (κ3) is 5.46. The number of nitrogens with zero attached hydrogens (tertiary/aromatic N) is 1. The van der Waals surface area contributed by atoms with Crippen LogP contribution in [0, 0.1) is 0 Å². The van der Waals surface area contributed by atoms with E-state index in [-0.39, 0.29) is 25.6 Å². The molecule has 1 aliphatic carbocycles. The molecule has 4 N–H and O–H groups in total. The van der Waals surface area contributed by atoms with Crippen molar-refractivity contribution in [3.63, 3.8) is 0 Å². The van der Waals surface area contributed by atoms with Crippen molar-refractivity contribution in [3.8, 4) is 11.1 Å². The minimum atomic E-state index is -3.85. The van der Waals surface area contributed by atoms with E-state index in [1.54, 1.807) is 0 Å². The summed E-state index contributed by atoms with van der Waals surface area (Å²) in [6, 6.07) is 14.2. The van der Waals surface area contributed by atoms with Crippen LogP contribution in [0.25, 0.3) is 11.1 Å². The van der Waals surface area contributed by atoms with E-state index in [2.05, 4.69) is 5.32 Å². The van der Waals surface area contributed by atoms with Gasteiger partial charge in [-0.3, -0.25) is 9.59 Å². The fourth-order valence-electron chi connectivity index (χ4n) is 4.78. The van der Waals surface area contributed by atoms with Crippen LogP contribution in [0.3, 0.4) is 0 Å². The number of aliphatic carboxylic acids is 1. The Morgan fingerprint density at radius 2 is 1.69 bits per heavy atom. The zero-order valence-electron chi connectivity index (χ0n) is 18.9. The zero-order valence-corrected chi connectivity index (χ0v) is 19.7. The van der Waals surface area contributed by atoms with Crippen molar-refractivity contribution in [3.05, 3.63) is 59.7 Å². The second-order valence-electron chi connectivity index (χ2n) is 8.76. The maximum atomic E-state index is 13.0. The SMILES string of the molecule is NS(=O)(=O)C1CCCN(C(=O)C(CC(=O)O)NC(=O)OCC2c3ccccc3-c3ccccc32)C1. The predicted molar refractivity (Wildman–Crippen MR) is 127 cm³/mol. The second-order valence-corrected chi connectivity index (χ2v) is 10.6. The van der Waals surface area contributed by atoms with Crippen molar-refractivity contribution in [2.24, 2.45) is 5.14 Å². The molecule has 1 aliphatic heterocycles. The molecule has 10 nitrogen and oxygen atoms in total. The molecular formula is C24H27N3O7S. The van der Waals surface area contributed by atoms with Crippen LogP contribution in [0.15, 0.2) is 48.5 Å². The Bertz CT molecular complexity index is 1200. The topological polar surface area (TPSA) is 156 Å². The lowest BCUT2D eigenvalue weighted by Crippen LogP contribution is -2.54. The van der Waals surface area contributed by atoms with Gasteiger partial charge in [0.15, 0.2) is 0 Å². The quantitative estimate of drug-likeness (QED) is 0.521. The van der Waals surface area contributed by atoms with E-state index >= 15 is 0 Å². The summed E-state index contributed by atoms with van der Waals surface area (Å²) < 4.78 is 28.9. The lowest BCUT2D eigenvalue weighted by atomic mass is 9.98. The van der Waals surface area contributed by atoms with E-state index in [4.69, 9.17) is 9.88 Å². The highest BCUT2D eigenvalue weighted by molar-refractivity contribution is 7.89. The molecule has 35 heavy (non-hydrogen) atoms. The number of benzene rings is 2. The van der Waals surface area contributed by atoms with E-state index < -0.39 is 45.7 Å². The number of ether oxygens (including phenoxy) is 1. The summed E-state index contributed by atoms with van der Waals surface area (Å²) in [6.45, 7) is 0.0958. The van der Waals surface area contributed by atoms with Gasteiger partial charge < -0.3 is 20.1 Å². The maximum absolute atomic E-state index is 13.0. The van der Waals surface area contributed by atoms with Crippen LogP contribution in [0.4, 0.5) is 4.79 Å². The third-order valence-electron chi connectivity index (χ3n) is 6.47. The van der Waals surface area contributed by atoms with Crippen LogP contribution in [-0.2, 0) is 24.3 Å². The number of alkyl carbamates (subject to hydrolysis) is 1. The van der Waals surface area contributed by atoms with Crippen LogP contribution in [0.5, 0.6) is 0 Å². The monoisotopic (exact) mass is 501 g/mol. The Balaban J connectivity index is 1.43. The van der Waals surface area contributed by atoms with E-state index in [0.29, 0.717) is 12.8 Å². The fraction of sp³-hybridized carbons (Fsp3) is 0.375. The minimum Gasteiger partial charge on any atom is -0.481 e. The Morgan fingerprint density at radius 3 is 2.26 bits per heavy atom. The molecule has 1 fully saturated rings. The number of primary sulfonamides is 1. The summed E-state index contributed by atoms with van der Waals surface area (Å²) in [5.41, 5.74) is 4.15. The molecule has 2 atom stereocenters. The van der Waals surface area contributed by atoms with Gasteiger partial charge >= 0.3 is 12.1 Å². The highest BCUT2D eigenvalue weighted by Gasteiger charge is 2.35. The molecule has 0 aromatic heterocycles. The molecule has 0 bridgehead atoms. The first kappa shape index (κ1) is 24.7. The van der Waals surface area contributed by atoms with E-state index in [0.717, 1.165) is 22.3 Å². The van der Waals surface area contributed by atoms with Crippen LogP contribution in [0.2, 0.25) is 0 Å². The summed E-state index contributed by atoms with van der Waals surface area (Å²) >= 11 is 0. The number of hydrogen-bond donors (Lipinski definition) is 3. The van der Waals surface area contributed by atoms with Crippen molar-refractivity contribution in [2.45, 2.75) is 36.5 Å². The molecule has 0 saturated carbocycles. The molecule has 2 aromatic carbocycles. The molecule has 2 aliphatic rings. The number of nitrogens with two attached hydrogens (primary N) is 1. The number of carbonyl (C=O) groups is 3. The molecule has 1 heterocycles. The number of piperidine rings is 1. The van der Waals surface area contributed by atoms with Crippen molar-refractivity contribution in [1.29, 1.82) is 0 Å². The van der Waals surface area contributed by atoms with Gasteiger partial charge in [-0.2, -0.15) is 0 Å². The minimum absolute atomic E-state index is 0.00501. The number of nitrogens with one attached hydrogen (secondary N) is 1. The third-order valence-corrected chi connectivity index (χ3v) is 7.78. The first-order valence-electron chi connectivity index (χ1n) is 11.3. The van der Waals surface area contributed by atoms with E-state index in [9.17, 15) is 27.9 Å². The molecule has 0 spiro atoms. The number of amides is 2. The van der Waals surface area contributed by atoms with Crippen LogP contribution < -0.4 is 10.5 Å². The summed E-state index contributed by atoms with van der Waals surface area (Å²) in [4.78, 5) is 38.2. The van der Waals surface area contributed by atoms with Gasteiger partial charge in [-0.25, -0.2) is 18.4 Å². The number of carboxylic acids is 1. The van der Waals surface area contributed by atoms with E-state index in [1.165, 1.54) is 4.90 Å². The average molecular weight is 502 g/mol. The van der Waals surface area contributed by atoms with Gasteiger partial charge in [-0.15, -0.1) is 0 Å². The summed E-state index contributed by atoms with van der Waals surface area (Å²) in [6.07, 6.45) is -0.880. The van der Waals surface area contributed by atoms with Gasteiger partial charge in [0.1, 0.15) is 12.6 Å². The molecular weight excluding hydrogens is 474 g/mol. The molecule has 2 unspecified atom stereocenters. The number of sulfonamides is 1. The van der Waals surface area contributed by atoms with Gasteiger partial charge in [0, 0.05) is 19.0 Å². The van der Waals surface area contributed by atoms with E-state index in [1.807, 2.05) is 48.5 Å². The molecule has 11 heteroatoms. The molecule has 186 valence electrons. The summed E-state index contributed by atoms with van der Waals surface area (Å²) in [7, 11) is -3.85. The smallest absolute Gasteiger partial charge is 0.407 e. The van der Waals surface area contributed by atoms with Gasteiger partial charge in [-0.05, 0) is 35.1 Å². The van der Waals surface area contributed by atoms with Gasteiger partial charge in [0.05, 0.1) is 11.7 Å². The fourth-order valence-corrected chi connectivity index (χ4v) is 5.67. The van der Waals surface area contributed by atoms with Gasteiger partial charge in [0.25, 0.3) is 0 Å². The molecule has 4 rings (SSSR count). The Labute approximate surface area is 203 Å². The van der Waals surface area contributed by atoms with Gasteiger partial charge in [0.2, 0.25) is 15.9 Å². The number of fused-ring (bicyclic) bond motifs is 3. The zero-order chi connectivity index (χ0) is 25.2. The lowest BCUT2D eigenvalue weighted by molar-refractivity contribution is -0.142. The standard InChI is InChI=1S/C24H27N3O7S/c25-35(32,33)15-6-5-11-27(13-15)23(30)21(12-22(28)29)26-24(31)34-14-20-18-9-3-1-7-16(18)17-8-2-4-10-19(17)20/h1-4,7-10,15,20-21H,5-6,11-14H2,(H,26,31)(H,28,29)(H2,25,32,33). The number of likely N-dealkylation sites (tertiary alicyclic amines) is 1. The Morgan fingerprint density at radius 1 is 1.09 bits per heavy atom. The number of carboxylic acid groups (broad SMARTS) is 1. The van der Waals surface area contributed by atoms with Crippen molar-refractivity contribution in [1.82, 2.24) is 10.2 Å². The molecule has 2 aromatic rings. The average Bonchev–Trinajstić information content (AvgIpc) is 3.15. The number of carbonyl (C=O) groups excluding carboxylic acids is 2. The van der Waals surface area contributed by atoms with Gasteiger partial charge in [-0.1, -0.05) is 48.5 Å². The Hall–Kier alpha value is -3.44. The van der Waals surface area contributed by atoms with Crippen LogP contribution in [-0.4, -0.2) is 67.4 Å². The molecule has 0 radical (unpaired) electrons. The van der Waals surface area contributed by atoms with Crippen LogP contribution in [0.1, 0.15) is 36.3 Å². The number of rotatable bonds is 7. The summed E-state index contributed by atoms with van der Waals surface area (Å²) in [5.74, 6) is -2.17. The molecule has 1 saturated heterocycles. The van der Waals surface area contributed by atoms with Crippen molar-refractivity contribution >= 4 is 28.0 Å². The van der Waals surface area contributed by atoms with Crippen molar-refractivity contribution < 1.29 is 32.6 Å². The second kappa shape index (κ2) is 10.0. The first-order chi connectivity index (χ1) is 16.6. The highest BCUT2D eigenvalue weighted by atomic mass is 32.2. The largest absolute Gasteiger partial charge is 0.481 e. The number of hydrogen-bond acceptors (Lipinski definition) is 6. The van der Waals surface area contributed by atoms with Crippen molar-refractivity contribution in [2.75, 3.05) is 19.7 Å².